The molecule has 0 bridgehead atoms. The number of halogens is 1. The van der Waals surface area contributed by atoms with Crippen LogP contribution in [0.2, 0.25) is 0 Å². The fourth-order valence-corrected chi connectivity index (χ4v) is 9.63. The number of hydrogen-bond donors (Lipinski definition) is 0. The highest BCUT2D eigenvalue weighted by Gasteiger charge is 2.59. The molecule has 4 aliphatic rings. The molecule has 3 fully saturated rings. The number of carbonyl (C=O) groups is 1. The van der Waals surface area contributed by atoms with E-state index < -0.39 is 5.38 Å². The van der Waals surface area contributed by atoms with Crippen molar-refractivity contribution in [2.45, 2.75) is 136 Å². The zero-order valence-electron chi connectivity index (χ0n) is 23.6. The summed E-state index contributed by atoms with van der Waals surface area (Å²) in [6.45, 7) is 14.6. The van der Waals surface area contributed by atoms with Crippen LogP contribution in [0.15, 0.2) is 11.6 Å². The number of esters is 1. The summed E-state index contributed by atoms with van der Waals surface area (Å²) in [5, 5.41) is -0.489. The van der Waals surface area contributed by atoms with Crippen LogP contribution in [0.3, 0.4) is 0 Å². The third-order valence-corrected chi connectivity index (χ3v) is 11.7. The Labute approximate surface area is 221 Å². The van der Waals surface area contributed by atoms with Crippen molar-refractivity contribution in [2.75, 3.05) is 0 Å². The third-order valence-electron chi connectivity index (χ3n) is 11.3. The molecule has 200 valence electrons. The van der Waals surface area contributed by atoms with E-state index >= 15 is 0 Å². The minimum Gasteiger partial charge on any atom is -0.461 e. The molecule has 2 nitrogen and oxygen atoms in total. The van der Waals surface area contributed by atoms with E-state index in [1.165, 1.54) is 51.4 Å². The summed E-state index contributed by atoms with van der Waals surface area (Å²) < 4.78 is 5.90. The Bertz CT molecular complexity index is 774. The van der Waals surface area contributed by atoms with Crippen molar-refractivity contribution in [1.29, 1.82) is 0 Å². The summed E-state index contributed by atoms with van der Waals surface area (Å²) in [5.41, 5.74) is 2.43. The van der Waals surface area contributed by atoms with Crippen LogP contribution in [0.4, 0.5) is 0 Å². The van der Waals surface area contributed by atoms with E-state index in [2.05, 4.69) is 47.6 Å². The van der Waals surface area contributed by atoms with Gasteiger partial charge in [-0.05, 0) is 97.7 Å². The van der Waals surface area contributed by atoms with Crippen molar-refractivity contribution < 1.29 is 9.53 Å². The number of allylic oxidation sites excluding steroid dienone is 1. The normalized spacial score (nSPS) is 40.3. The molecule has 0 radical (unpaired) electrons. The molecule has 0 heterocycles. The lowest BCUT2D eigenvalue weighted by molar-refractivity contribution is -0.151. The van der Waals surface area contributed by atoms with Gasteiger partial charge in [0.1, 0.15) is 11.5 Å². The maximum Gasteiger partial charge on any atom is 0.324 e. The number of alkyl halides is 1. The van der Waals surface area contributed by atoms with Gasteiger partial charge in [0.2, 0.25) is 0 Å². The average molecular weight is 505 g/mol. The number of hydrogen-bond acceptors (Lipinski definition) is 2. The second-order valence-electron chi connectivity index (χ2n) is 13.8. The zero-order chi connectivity index (χ0) is 25.4. The molecule has 4 rings (SSSR count). The lowest BCUT2D eigenvalue weighted by Crippen LogP contribution is -2.51. The molecular weight excluding hydrogens is 452 g/mol. The summed E-state index contributed by atoms with van der Waals surface area (Å²) in [5.74, 6) is 4.98. The molecule has 0 saturated heterocycles. The van der Waals surface area contributed by atoms with Gasteiger partial charge in [-0.15, -0.1) is 11.6 Å². The highest BCUT2D eigenvalue weighted by atomic mass is 35.5. The van der Waals surface area contributed by atoms with E-state index in [0.717, 1.165) is 61.2 Å². The van der Waals surface area contributed by atoms with Crippen LogP contribution >= 0.6 is 11.6 Å². The van der Waals surface area contributed by atoms with Crippen LogP contribution in [0, 0.1) is 46.3 Å². The van der Waals surface area contributed by atoms with Crippen molar-refractivity contribution in [3.63, 3.8) is 0 Å². The Kier molecular flexibility index (Phi) is 8.72. The van der Waals surface area contributed by atoms with Gasteiger partial charge < -0.3 is 4.74 Å². The molecule has 35 heavy (non-hydrogen) atoms. The van der Waals surface area contributed by atoms with Gasteiger partial charge in [-0.3, -0.25) is 4.79 Å². The fourth-order valence-electron chi connectivity index (χ4n) is 9.36. The minimum absolute atomic E-state index is 0.0212. The van der Waals surface area contributed by atoms with Crippen molar-refractivity contribution in [2.24, 2.45) is 46.3 Å². The molecule has 0 aromatic carbocycles. The average Bonchev–Trinajstić information content (AvgIpc) is 3.16. The predicted octanol–water partition coefficient (Wildman–Crippen LogP) is 9.35. The Balaban J connectivity index is 1.42. The molecular formula is C32H53ClO2. The highest BCUT2D eigenvalue weighted by Crippen LogP contribution is 2.67. The predicted molar refractivity (Wildman–Crippen MR) is 147 cm³/mol. The molecule has 0 aliphatic heterocycles. The summed E-state index contributed by atoms with van der Waals surface area (Å²) >= 11 is 6.26. The van der Waals surface area contributed by atoms with E-state index in [4.69, 9.17) is 16.3 Å². The second-order valence-corrected chi connectivity index (χ2v) is 14.4. The smallest absolute Gasteiger partial charge is 0.324 e. The van der Waals surface area contributed by atoms with Gasteiger partial charge in [0, 0.05) is 6.42 Å². The van der Waals surface area contributed by atoms with Crippen LogP contribution in [-0.2, 0) is 9.53 Å². The maximum absolute atomic E-state index is 12.4. The summed E-state index contributed by atoms with van der Waals surface area (Å²) in [7, 11) is 0. The van der Waals surface area contributed by atoms with Crippen LogP contribution in [0.5, 0.6) is 0 Å². The first kappa shape index (κ1) is 27.5. The largest absolute Gasteiger partial charge is 0.461 e. The monoisotopic (exact) mass is 504 g/mol. The van der Waals surface area contributed by atoms with Crippen molar-refractivity contribution in [3.8, 4) is 0 Å². The van der Waals surface area contributed by atoms with Gasteiger partial charge in [0.15, 0.2) is 0 Å². The number of ether oxygens (including phenoxy) is 1. The molecule has 3 heteroatoms. The molecule has 0 N–H and O–H groups in total. The van der Waals surface area contributed by atoms with E-state index in [9.17, 15) is 4.79 Å². The van der Waals surface area contributed by atoms with Crippen molar-refractivity contribution in [1.82, 2.24) is 0 Å². The molecule has 4 aliphatic carbocycles. The van der Waals surface area contributed by atoms with Gasteiger partial charge in [-0.2, -0.15) is 0 Å². The first-order valence-electron chi connectivity index (χ1n) is 15.1. The van der Waals surface area contributed by atoms with Gasteiger partial charge >= 0.3 is 5.97 Å². The van der Waals surface area contributed by atoms with Crippen LogP contribution in [0.25, 0.3) is 0 Å². The summed E-state index contributed by atoms with van der Waals surface area (Å²) in [6, 6.07) is 0. The van der Waals surface area contributed by atoms with E-state index in [-0.39, 0.29) is 12.1 Å². The van der Waals surface area contributed by atoms with Gasteiger partial charge in [-0.25, -0.2) is 0 Å². The Morgan fingerprint density at radius 2 is 1.83 bits per heavy atom. The van der Waals surface area contributed by atoms with Crippen molar-refractivity contribution in [3.05, 3.63) is 11.6 Å². The third kappa shape index (κ3) is 5.39. The van der Waals surface area contributed by atoms with Gasteiger partial charge in [-0.1, -0.05) is 78.9 Å². The molecule has 9 atom stereocenters. The number of rotatable bonds is 9. The second kappa shape index (κ2) is 11.1. The van der Waals surface area contributed by atoms with Crippen LogP contribution in [-0.4, -0.2) is 17.5 Å². The number of fused-ring (bicyclic) bond motifs is 5. The SMILES string of the molecule is CCC[C@H](Cl)C(=O)O[C@H]1CC[C@@]2(C)C(=CC[C@@H]3[C@H]4CC[C@@H]([C@@H](C)CCCC(C)C)[C@@]4(C)CC[C@H]32)C1. The zero-order valence-corrected chi connectivity index (χ0v) is 24.3. The molecule has 0 spiro atoms. The quantitative estimate of drug-likeness (QED) is 0.177. The standard InChI is InChI=1S/C32H53ClO2/c1-7-9-29(33)30(34)35-24-16-18-31(5)23(20-24)12-13-25-27-15-14-26(22(4)11-8-10-21(2)3)32(27,6)19-17-28(25)31/h12,21-22,24-29H,7-11,13-20H2,1-6H3/t22-,24-,25+,26-,27+,28+,29-,31-,32+/m0/s1. The molecule has 0 unspecified atom stereocenters. The first-order valence-corrected chi connectivity index (χ1v) is 15.6. The molecule has 0 aromatic heterocycles. The van der Waals surface area contributed by atoms with E-state index in [1.807, 2.05) is 0 Å². The molecule has 0 amide bonds. The Morgan fingerprint density at radius 1 is 1.06 bits per heavy atom. The Morgan fingerprint density at radius 3 is 2.54 bits per heavy atom. The fraction of sp³-hybridized carbons (Fsp3) is 0.906. The highest BCUT2D eigenvalue weighted by molar-refractivity contribution is 6.29. The van der Waals surface area contributed by atoms with Crippen LogP contribution in [0.1, 0.15) is 125 Å². The summed E-state index contributed by atoms with van der Waals surface area (Å²) in [6.07, 6.45) is 18.5. The van der Waals surface area contributed by atoms with Gasteiger partial charge in [0.05, 0.1) is 0 Å². The number of carbonyl (C=O) groups excluding carboxylic acids is 1. The lowest BCUT2D eigenvalue weighted by atomic mass is 9.47. The molecule has 3 saturated carbocycles. The van der Waals surface area contributed by atoms with Crippen LogP contribution < -0.4 is 0 Å². The van der Waals surface area contributed by atoms with E-state index in [0.29, 0.717) is 17.3 Å². The lowest BCUT2D eigenvalue weighted by Gasteiger charge is -2.58. The molecule has 0 aromatic rings. The minimum atomic E-state index is -0.489. The summed E-state index contributed by atoms with van der Waals surface area (Å²) in [4.78, 5) is 12.4. The van der Waals surface area contributed by atoms with Crippen molar-refractivity contribution >= 4 is 17.6 Å². The van der Waals surface area contributed by atoms with Gasteiger partial charge in [0.25, 0.3) is 0 Å². The first-order chi connectivity index (χ1) is 16.6. The maximum atomic E-state index is 12.4. The topological polar surface area (TPSA) is 26.3 Å². The van der Waals surface area contributed by atoms with E-state index in [1.54, 1.807) is 5.57 Å². The Hall–Kier alpha value is -0.500.